The molecule has 66 valence electrons. The molecule has 0 radical (unpaired) electrons. The summed E-state index contributed by atoms with van der Waals surface area (Å²) < 4.78 is 5.61. The van der Waals surface area contributed by atoms with Gasteiger partial charge >= 0.3 is 0 Å². The Kier molecular flexibility index (Phi) is 3.50. The molecule has 1 atom stereocenters. The first kappa shape index (κ1) is 9.48. The van der Waals surface area contributed by atoms with E-state index in [1.54, 1.807) is 0 Å². The summed E-state index contributed by atoms with van der Waals surface area (Å²) in [5.41, 5.74) is 1.32. The Labute approximate surface area is 76.1 Å². The molecule has 0 saturated carbocycles. The SMILES string of the molecule is CCO[SiH](C)c1ccc(C)cc1. The highest BCUT2D eigenvalue weighted by Crippen LogP contribution is 1.95. The number of hydrogen-bond acceptors (Lipinski definition) is 1. The lowest BCUT2D eigenvalue weighted by Crippen LogP contribution is -2.29. The van der Waals surface area contributed by atoms with Gasteiger partial charge in [0.2, 0.25) is 9.04 Å². The van der Waals surface area contributed by atoms with Crippen LogP contribution in [-0.4, -0.2) is 15.6 Å². The van der Waals surface area contributed by atoms with Gasteiger partial charge in [0.1, 0.15) is 0 Å². The van der Waals surface area contributed by atoms with Crippen LogP contribution in [0, 0.1) is 6.92 Å². The Morgan fingerprint density at radius 1 is 1.25 bits per heavy atom. The molecular weight excluding hydrogens is 164 g/mol. The van der Waals surface area contributed by atoms with Crippen LogP contribution in [0.3, 0.4) is 0 Å². The van der Waals surface area contributed by atoms with Crippen LogP contribution < -0.4 is 5.19 Å². The molecule has 1 unspecified atom stereocenters. The van der Waals surface area contributed by atoms with Gasteiger partial charge in [-0.05, 0) is 25.6 Å². The molecule has 0 fully saturated rings. The minimum atomic E-state index is -1.08. The smallest absolute Gasteiger partial charge is 0.205 e. The second-order valence-corrected chi connectivity index (χ2v) is 5.29. The summed E-state index contributed by atoms with van der Waals surface area (Å²) in [6, 6.07) is 8.67. The summed E-state index contributed by atoms with van der Waals surface area (Å²) in [5.74, 6) is 0. The third kappa shape index (κ3) is 2.46. The average molecular weight is 180 g/mol. The Balaban J connectivity index is 2.68. The quantitative estimate of drug-likeness (QED) is 0.642. The number of benzene rings is 1. The zero-order chi connectivity index (χ0) is 8.97. The highest BCUT2D eigenvalue weighted by atomic mass is 28.3. The molecule has 0 aliphatic heterocycles. The van der Waals surface area contributed by atoms with E-state index in [-0.39, 0.29) is 0 Å². The summed E-state index contributed by atoms with van der Waals surface area (Å²) in [4.78, 5) is 0. The lowest BCUT2D eigenvalue weighted by molar-refractivity contribution is 0.354. The molecule has 1 aromatic rings. The topological polar surface area (TPSA) is 9.23 Å². The predicted octanol–water partition coefficient (Wildman–Crippen LogP) is 1.59. The molecule has 0 spiro atoms. The maximum Gasteiger partial charge on any atom is 0.205 e. The van der Waals surface area contributed by atoms with Gasteiger partial charge in [0.15, 0.2) is 0 Å². The number of aryl methyl sites for hydroxylation is 1. The van der Waals surface area contributed by atoms with Gasteiger partial charge in [-0.1, -0.05) is 29.8 Å². The highest BCUT2D eigenvalue weighted by Gasteiger charge is 2.05. The van der Waals surface area contributed by atoms with Crippen LogP contribution in [0.15, 0.2) is 24.3 Å². The van der Waals surface area contributed by atoms with Crippen LogP contribution in [-0.2, 0) is 4.43 Å². The molecule has 0 N–H and O–H groups in total. The van der Waals surface area contributed by atoms with Crippen molar-refractivity contribution in [2.45, 2.75) is 20.4 Å². The Morgan fingerprint density at radius 3 is 2.33 bits per heavy atom. The van der Waals surface area contributed by atoms with E-state index in [9.17, 15) is 0 Å². The monoisotopic (exact) mass is 180 g/mol. The largest absolute Gasteiger partial charge is 0.416 e. The molecule has 0 saturated heterocycles. The summed E-state index contributed by atoms with van der Waals surface area (Å²) >= 11 is 0. The zero-order valence-corrected chi connectivity index (χ0v) is 9.16. The molecule has 0 heterocycles. The van der Waals surface area contributed by atoms with Gasteiger partial charge in [-0.25, -0.2) is 0 Å². The molecule has 0 bridgehead atoms. The van der Waals surface area contributed by atoms with Crippen LogP contribution in [0.25, 0.3) is 0 Å². The van der Waals surface area contributed by atoms with E-state index in [4.69, 9.17) is 4.43 Å². The Morgan fingerprint density at radius 2 is 1.83 bits per heavy atom. The first-order valence-corrected chi connectivity index (χ1v) is 6.62. The third-order valence-electron chi connectivity index (χ3n) is 1.96. The van der Waals surface area contributed by atoms with Gasteiger partial charge in [0.05, 0.1) is 0 Å². The minimum Gasteiger partial charge on any atom is -0.416 e. The number of rotatable bonds is 3. The van der Waals surface area contributed by atoms with Crippen LogP contribution in [0.4, 0.5) is 0 Å². The van der Waals surface area contributed by atoms with E-state index in [2.05, 4.69) is 44.7 Å². The first-order chi connectivity index (χ1) is 5.74. The van der Waals surface area contributed by atoms with E-state index in [0.717, 1.165) is 6.61 Å². The van der Waals surface area contributed by atoms with Crippen molar-refractivity contribution < 1.29 is 4.43 Å². The normalized spacial score (nSPS) is 12.9. The highest BCUT2D eigenvalue weighted by molar-refractivity contribution is 6.66. The summed E-state index contributed by atoms with van der Waals surface area (Å²) in [6.45, 7) is 7.21. The molecule has 0 aromatic heterocycles. The van der Waals surface area contributed by atoms with Crippen LogP contribution in [0.1, 0.15) is 12.5 Å². The van der Waals surface area contributed by atoms with Crippen molar-refractivity contribution in [3.8, 4) is 0 Å². The van der Waals surface area contributed by atoms with Crippen LogP contribution in [0.2, 0.25) is 6.55 Å². The standard InChI is InChI=1S/C10H16OSi/c1-4-11-12(3)10-7-5-9(2)6-8-10/h5-8,12H,4H2,1-3H3. The maximum atomic E-state index is 5.61. The van der Waals surface area contributed by atoms with Crippen LogP contribution >= 0.6 is 0 Å². The lowest BCUT2D eigenvalue weighted by atomic mass is 10.2. The van der Waals surface area contributed by atoms with Crippen molar-refractivity contribution in [3.05, 3.63) is 29.8 Å². The summed E-state index contributed by atoms with van der Waals surface area (Å²) in [5, 5.41) is 1.39. The van der Waals surface area contributed by atoms with Crippen molar-refractivity contribution >= 4 is 14.2 Å². The third-order valence-corrected chi connectivity index (χ3v) is 4.12. The summed E-state index contributed by atoms with van der Waals surface area (Å²) in [7, 11) is -1.08. The fourth-order valence-electron chi connectivity index (χ4n) is 1.18. The maximum absolute atomic E-state index is 5.61. The molecule has 1 rings (SSSR count). The van der Waals surface area contributed by atoms with E-state index in [1.807, 2.05) is 0 Å². The van der Waals surface area contributed by atoms with Crippen molar-refractivity contribution in [2.24, 2.45) is 0 Å². The zero-order valence-electron chi connectivity index (χ0n) is 8.00. The fraction of sp³-hybridized carbons (Fsp3) is 0.400. The Hall–Kier alpha value is -0.603. The predicted molar refractivity (Wildman–Crippen MR) is 55.5 cm³/mol. The van der Waals surface area contributed by atoms with Crippen molar-refractivity contribution in [3.63, 3.8) is 0 Å². The second-order valence-electron chi connectivity index (χ2n) is 3.01. The van der Waals surface area contributed by atoms with E-state index < -0.39 is 9.04 Å². The Bertz CT molecular complexity index is 230. The fourth-order valence-corrected chi connectivity index (χ4v) is 2.61. The van der Waals surface area contributed by atoms with Gasteiger partial charge < -0.3 is 4.43 Å². The van der Waals surface area contributed by atoms with Crippen molar-refractivity contribution in [1.82, 2.24) is 0 Å². The van der Waals surface area contributed by atoms with Gasteiger partial charge in [-0.15, -0.1) is 0 Å². The van der Waals surface area contributed by atoms with Gasteiger partial charge in [-0.2, -0.15) is 0 Å². The molecule has 12 heavy (non-hydrogen) atoms. The van der Waals surface area contributed by atoms with E-state index >= 15 is 0 Å². The van der Waals surface area contributed by atoms with E-state index in [1.165, 1.54) is 10.8 Å². The van der Waals surface area contributed by atoms with Gasteiger partial charge in [0, 0.05) is 6.61 Å². The molecular formula is C10H16OSi. The summed E-state index contributed by atoms with van der Waals surface area (Å²) in [6.07, 6.45) is 0. The van der Waals surface area contributed by atoms with Crippen molar-refractivity contribution in [2.75, 3.05) is 6.61 Å². The van der Waals surface area contributed by atoms with Gasteiger partial charge in [0.25, 0.3) is 0 Å². The van der Waals surface area contributed by atoms with E-state index in [0.29, 0.717) is 0 Å². The molecule has 0 aliphatic carbocycles. The second kappa shape index (κ2) is 4.43. The lowest BCUT2D eigenvalue weighted by Gasteiger charge is -2.09. The van der Waals surface area contributed by atoms with Crippen LogP contribution in [0.5, 0.6) is 0 Å². The molecule has 2 heteroatoms. The molecule has 1 aromatic carbocycles. The molecule has 1 nitrogen and oxygen atoms in total. The average Bonchev–Trinajstić information content (AvgIpc) is 2.06. The molecule has 0 aliphatic rings. The number of hydrogen-bond donors (Lipinski definition) is 0. The van der Waals surface area contributed by atoms with Gasteiger partial charge in [-0.3, -0.25) is 0 Å². The van der Waals surface area contributed by atoms with Crippen molar-refractivity contribution in [1.29, 1.82) is 0 Å². The minimum absolute atomic E-state index is 0.835. The molecule has 0 amide bonds. The first-order valence-electron chi connectivity index (χ1n) is 4.42.